The van der Waals surface area contributed by atoms with Crippen molar-refractivity contribution in [3.05, 3.63) is 64.1 Å². The molecule has 0 N–H and O–H groups in total. The van der Waals surface area contributed by atoms with Crippen LogP contribution < -0.4 is 5.56 Å². The Hall–Kier alpha value is -2.69. The molecule has 0 unspecified atom stereocenters. The van der Waals surface area contributed by atoms with Gasteiger partial charge in [-0.1, -0.05) is 42.5 Å². The van der Waals surface area contributed by atoms with Crippen molar-refractivity contribution in [1.29, 1.82) is 0 Å². The summed E-state index contributed by atoms with van der Waals surface area (Å²) >= 11 is 0. The van der Waals surface area contributed by atoms with Crippen LogP contribution in [0.25, 0.3) is 12.2 Å². The highest BCUT2D eigenvalue weighted by Crippen LogP contribution is 2.05. The molecule has 2 aromatic rings. The topological polar surface area (TPSA) is 61.2 Å². The molecule has 114 valence electrons. The van der Waals surface area contributed by atoms with Crippen molar-refractivity contribution in [3.63, 3.8) is 0 Å². The molecule has 0 aliphatic carbocycles. The molecule has 1 heterocycles. The third-order valence-electron chi connectivity index (χ3n) is 2.99. The van der Waals surface area contributed by atoms with Gasteiger partial charge in [-0.3, -0.25) is 9.59 Å². The third kappa shape index (κ3) is 4.70. The first kappa shape index (κ1) is 15.7. The van der Waals surface area contributed by atoms with Gasteiger partial charge in [0.05, 0.1) is 25.8 Å². The molecule has 5 heteroatoms. The Bertz CT molecular complexity index is 705. The number of aryl methyl sites for hydroxylation is 1. The summed E-state index contributed by atoms with van der Waals surface area (Å²) in [7, 11) is 0. The zero-order chi connectivity index (χ0) is 15.8. The minimum Gasteiger partial charge on any atom is -0.466 e. The highest BCUT2D eigenvalue weighted by Gasteiger charge is 2.04. The van der Waals surface area contributed by atoms with Crippen LogP contribution in [0.5, 0.6) is 0 Å². The van der Waals surface area contributed by atoms with Gasteiger partial charge in [-0.05, 0) is 12.5 Å². The Morgan fingerprint density at radius 2 is 1.95 bits per heavy atom. The summed E-state index contributed by atoms with van der Waals surface area (Å²) in [5.41, 5.74) is 1.54. The fourth-order valence-corrected chi connectivity index (χ4v) is 1.89. The Kier molecular flexibility index (Phi) is 5.65. The van der Waals surface area contributed by atoms with E-state index in [2.05, 4.69) is 5.10 Å². The lowest BCUT2D eigenvalue weighted by Crippen LogP contribution is -2.23. The molecule has 0 aliphatic heterocycles. The molecular formula is C17H18N2O3. The molecule has 2 rings (SSSR count). The van der Waals surface area contributed by atoms with Gasteiger partial charge in [0.25, 0.3) is 5.56 Å². The average Bonchev–Trinajstić information content (AvgIpc) is 2.53. The van der Waals surface area contributed by atoms with Gasteiger partial charge in [-0.2, -0.15) is 5.10 Å². The molecule has 0 saturated carbocycles. The normalized spacial score (nSPS) is 10.8. The van der Waals surface area contributed by atoms with Crippen molar-refractivity contribution in [1.82, 2.24) is 9.78 Å². The standard InChI is InChI=1S/C17H18N2O3/c1-2-22-17(21)10-11-19-16(20)12-15(13-18-19)9-8-14-6-4-3-5-7-14/h3-9,12-13H,2,10-11H2,1H3/b9-8+. The van der Waals surface area contributed by atoms with E-state index in [0.717, 1.165) is 11.1 Å². The van der Waals surface area contributed by atoms with Crippen molar-refractivity contribution >= 4 is 18.1 Å². The van der Waals surface area contributed by atoms with Gasteiger partial charge in [0.15, 0.2) is 0 Å². The second kappa shape index (κ2) is 7.93. The summed E-state index contributed by atoms with van der Waals surface area (Å²) in [6, 6.07) is 11.3. The Morgan fingerprint density at radius 3 is 2.64 bits per heavy atom. The Balaban J connectivity index is 2.02. The molecule has 22 heavy (non-hydrogen) atoms. The maximum absolute atomic E-state index is 11.9. The summed E-state index contributed by atoms with van der Waals surface area (Å²) < 4.78 is 6.08. The van der Waals surface area contributed by atoms with Gasteiger partial charge >= 0.3 is 5.97 Å². The number of hydrogen-bond donors (Lipinski definition) is 0. The van der Waals surface area contributed by atoms with E-state index in [1.807, 2.05) is 42.5 Å². The molecule has 0 spiro atoms. The van der Waals surface area contributed by atoms with E-state index >= 15 is 0 Å². The predicted molar refractivity (Wildman–Crippen MR) is 85.1 cm³/mol. The van der Waals surface area contributed by atoms with Crippen molar-refractivity contribution in [2.75, 3.05) is 6.61 Å². The molecule has 0 bridgehead atoms. The van der Waals surface area contributed by atoms with Crippen LogP contribution in [0.1, 0.15) is 24.5 Å². The summed E-state index contributed by atoms with van der Waals surface area (Å²) in [5, 5.41) is 4.07. The van der Waals surface area contributed by atoms with Gasteiger partial charge in [-0.25, -0.2) is 4.68 Å². The first-order valence-corrected chi connectivity index (χ1v) is 7.15. The minimum absolute atomic E-state index is 0.139. The van der Waals surface area contributed by atoms with E-state index in [4.69, 9.17) is 4.74 Å². The summed E-state index contributed by atoms with van der Waals surface area (Å²) in [5.74, 6) is -0.329. The number of nitrogens with zero attached hydrogens (tertiary/aromatic N) is 2. The molecule has 0 atom stereocenters. The van der Waals surface area contributed by atoms with Crippen molar-refractivity contribution in [3.8, 4) is 0 Å². The third-order valence-corrected chi connectivity index (χ3v) is 2.99. The van der Waals surface area contributed by atoms with Crippen molar-refractivity contribution in [2.45, 2.75) is 19.9 Å². The van der Waals surface area contributed by atoms with Crippen LogP contribution in [0, 0.1) is 0 Å². The zero-order valence-electron chi connectivity index (χ0n) is 12.4. The quantitative estimate of drug-likeness (QED) is 0.768. The van der Waals surface area contributed by atoms with Gasteiger partial charge in [0.2, 0.25) is 0 Å². The van der Waals surface area contributed by atoms with E-state index in [0.29, 0.717) is 6.61 Å². The minimum atomic E-state index is -0.329. The number of ether oxygens (including phenoxy) is 1. The molecular weight excluding hydrogens is 280 g/mol. The number of benzene rings is 1. The molecule has 0 saturated heterocycles. The van der Waals surface area contributed by atoms with Crippen molar-refractivity contribution < 1.29 is 9.53 Å². The lowest BCUT2D eigenvalue weighted by atomic mass is 10.2. The molecule has 0 fully saturated rings. The molecule has 0 amide bonds. The monoisotopic (exact) mass is 298 g/mol. The Morgan fingerprint density at radius 1 is 1.23 bits per heavy atom. The van der Waals surface area contributed by atoms with Crippen LogP contribution >= 0.6 is 0 Å². The predicted octanol–water partition coefficient (Wildman–Crippen LogP) is 2.37. The molecule has 5 nitrogen and oxygen atoms in total. The van der Waals surface area contributed by atoms with Crippen LogP contribution in [0.15, 0.2) is 47.4 Å². The van der Waals surface area contributed by atoms with E-state index in [-0.39, 0.29) is 24.5 Å². The Labute approximate surface area is 128 Å². The maximum Gasteiger partial charge on any atom is 0.307 e. The molecule has 1 aromatic heterocycles. The largest absolute Gasteiger partial charge is 0.466 e. The van der Waals surface area contributed by atoms with E-state index < -0.39 is 0 Å². The number of rotatable bonds is 6. The molecule has 1 aromatic carbocycles. The first-order chi connectivity index (χ1) is 10.7. The van der Waals surface area contributed by atoms with Gasteiger partial charge < -0.3 is 4.74 Å². The van der Waals surface area contributed by atoms with Crippen LogP contribution in [-0.4, -0.2) is 22.4 Å². The van der Waals surface area contributed by atoms with Crippen LogP contribution in [0.3, 0.4) is 0 Å². The zero-order valence-corrected chi connectivity index (χ0v) is 12.4. The highest BCUT2D eigenvalue weighted by molar-refractivity contribution is 5.69. The van der Waals surface area contributed by atoms with Crippen molar-refractivity contribution in [2.24, 2.45) is 0 Å². The number of carbonyl (C=O) groups is 1. The number of hydrogen-bond acceptors (Lipinski definition) is 4. The number of esters is 1. The lowest BCUT2D eigenvalue weighted by molar-refractivity contribution is -0.143. The summed E-state index contributed by atoms with van der Waals surface area (Å²) in [6.45, 7) is 2.31. The summed E-state index contributed by atoms with van der Waals surface area (Å²) in [4.78, 5) is 23.2. The highest BCUT2D eigenvalue weighted by atomic mass is 16.5. The van der Waals surface area contributed by atoms with Gasteiger partial charge in [0.1, 0.15) is 0 Å². The molecule has 0 aliphatic rings. The first-order valence-electron chi connectivity index (χ1n) is 7.15. The summed E-state index contributed by atoms with van der Waals surface area (Å²) in [6.07, 6.45) is 5.49. The SMILES string of the molecule is CCOC(=O)CCn1ncc(/C=C/c2ccccc2)cc1=O. The fourth-order valence-electron chi connectivity index (χ4n) is 1.89. The van der Waals surface area contributed by atoms with E-state index in [9.17, 15) is 9.59 Å². The van der Waals surface area contributed by atoms with E-state index in [1.165, 1.54) is 10.7 Å². The number of aromatic nitrogens is 2. The molecule has 0 radical (unpaired) electrons. The lowest BCUT2D eigenvalue weighted by Gasteiger charge is -2.04. The number of carbonyl (C=O) groups excluding carboxylic acids is 1. The second-order valence-electron chi connectivity index (χ2n) is 4.65. The van der Waals surface area contributed by atoms with Crippen LogP contribution in [-0.2, 0) is 16.1 Å². The van der Waals surface area contributed by atoms with Crippen LogP contribution in [0.2, 0.25) is 0 Å². The van der Waals surface area contributed by atoms with Crippen LogP contribution in [0.4, 0.5) is 0 Å². The average molecular weight is 298 g/mol. The van der Waals surface area contributed by atoms with Gasteiger partial charge in [0, 0.05) is 11.6 Å². The second-order valence-corrected chi connectivity index (χ2v) is 4.65. The fraction of sp³-hybridized carbons (Fsp3) is 0.235. The van der Waals surface area contributed by atoms with Gasteiger partial charge in [-0.15, -0.1) is 0 Å². The smallest absolute Gasteiger partial charge is 0.307 e. The maximum atomic E-state index is 11.9. The van der Waals surface area contributed by atoms with E-state index in [1.54, 1.807) is 13.1 Å².